The molecule has 1 amide bonds. The van der Waals surface area contributed by atoms with Crippen LogP contribution in [0.2, 0.25) is 0 Å². The Labute approximate surface area is 165 Å². The molecule has 1 aliphatic carbocycles. The molecule has 0 radical (unpaired) electrons. The number of nitrogens with one attached hydrogen (secondary N) is 2. The van der Waals surface area contributed by atoms with Gasteiger partial charge in [-0.25, -0.2) is 0 Å². The molecule has 0 bridgehead atoms. The Morgan fingerprint density at radius 2 is 1.93 bits per heavy atom. The normalized spacial score (nSPS) is 17.2. The monoisotopic (exact) mass is 374 g/mol. The number of hydrogen-bond acceptors (Lipinski definition) is 2. The molecule has 4 nitrogen and oxygen atoms in total. The van der Waals surface area contributed by atoms with Gasteiger partial charge in [-0.1, -0.05) is 32.9 Å². The minimum absolute atomic E-state index is 0.0656. The minimum atomic E-state index is -0.412. The number of rotatable bonds is 3. The Hall–Kier alpha value is -2.75. The molecule has 4 heteroatoms. The zero-order chi connectivity index (χ0) is 19.5. The van der Waals surface area contributed by atoms with Crippen LogP contribution in [-0.4, -0.2) is 17.5 Å². The van der Waals surface area contributed by atoms with E-state index in [1.54, 1.807) is 0 Å². The Kier molecular flexibility index (Phi) is 3.64. The summed E-state index contributed by atoms with van der Waals surface area (Å²) in [5, 5.41) is 4.28. The molecule has 0 atom stereocenters. The van der Waals surface area contributed by atoms with Crippen molar-refractivity contribution in [1.82, 2.24) is 4.98 Å². The molecular formula is C24H26N2O2. The van der Waals surface area contributed by atoms with Gasteiger partial charge in [-0.15, -0.1) is 0 Å². The van der Waals surface area contributed by atoms with Crippen LogP contribution in [0, 0.1) is 0 Å². The molecule has 1 saturated carbocycles. The molecule has 144 valence electrons. The fourth-order valence-electron chi connectivity index (χ4n) is 4.10. The van der Waals surface area contributed by atoms with Crippen molar-refractivity contribution in [3.8, 4) is 5.75 Å². The van der Waals surface area contributed by atoms with Crippen molar-refractivity contribution in [3.05, 3.63) is 59.3 Å². The SMILES string of the molecule is CC(C)(C)c1cc2cc(NC(=O)C3(c4ccc5c(c4)OCC5)CC3)ccc2[nH]1. The lowest BCUT2D eigenvalue weighted by molar-refractivity contribution is -0.118. The predicted octanol–water partition coefficient (Wildman–Crippen LogP) is 5.07. The van der Waals surface area contributed by atoms with E-state index in [1.165, 1.54) is 11.3 Å². The third kappa shape index (κ3) is 2.79. The van der Waals surface area contributed by atoms with Gasteiger partial charge >= 0.3 is 0 Å². The lowest BCUT2D eigenvalue weighted by Gasteiger charge is -2.17. The second-order valence-electron chi connectivity index (χ2n) is 9.19. The molecule has 5 rings (SSSR count). The molecule has 3 aromatic rings. The lowest BCUT2D eigenvalue weighted by Crippen LogP contribution is -2.27. The van der Waals surface area contributed by atoms with Gasteiger partial charge < -0.3 is 15.0 Å². The lowest BCUT2D eigenvalue weighted by atomic mass is 9.92. The second-order valence-corrected chi connectivity index (χ2v) is 9.19. The van der Waals surface area contributed by atoms with Gasteiger partial charge in [-0.05, 0) is 54.3 Å². The molecule has 0 saturated heterocycles. The number of carbonyl (C=O) groups is 1. The van der Waals surface area contributed by atoms with Gasteiger partial charge in [0.15, 0.2) is 0 Å². The van der Waals surface area contributed by atoms with Crippen molar-refractivity contribution >= 4 is 22.5 Å². The average molecular weight is 374 g/mol. The molecule has 2 aromatic carbocycles. The van der Waals surface area contributed by atoms with Crippen LogP contribution in [0.25, 0.3) is 10.9 Å². The molecule has 28 heavy (non-hydrogen) atoms. The zero-order valence-electron chi connectivity index (χ0n) is 16.7. The molecule has 2 N–H and O–H groups in total. The molecule has 1 aromatic heterocycles. The van der Waals surface area contributed by atoms with Gasteiger partial charge in [0.2, 0.25) is 5.91 Å². The number of H-pyrrole nitrogens is 1. The van der Waals surface area contributed by atoms with Crippen LogP contribution in [0.5, 0.6) is 5.75 Å². The number of aromatic nitrogens is 1. The van der Waals surface area contributed by atoms with Crippen molar-refractivity contribution in [2.24, 2.45) is 0 Å². The Balaban J connectivity index is 1.40. The highest BCUT2D eigenvalue weighted by Crippen LogP contribution is 2.50. The van der Waals surface area contributed by atoms with E-state index < -0.39 is 5.41 Å². The van der Waals surface area contributed by atoms with Gasteiger partial charge in [0.05, 0.1) is 12.0 Å². The van der Waals surface area contributed by atoms with Crippen LogP contribution >= 0.6 is 0 Å². The summed E-state index contributed by atoms with van der Waals surface area (Å²) < 4.78 is 5.70. The first kappa shape index (κ1) is 17.4. The van der Waals surface area contributed by atoms with Gasteiger partial charge in [0.25, 0.3) is 0 Å². The summed E-state index contributed by atoms with van der Waals surface area (Å²) >= 11 is 0. The summed E-state index contributed by atoms with van der Waals surface area (Å²) in [6.07, 6.45) is 2.73. The fourth-order valence-corrected chi connectivity index (χ4v) is 4.10. The maximum absolute atomic E-state index is 13.1. The third-order valence-corrected chi connectivity index (χ3v) is 6.12. The van der Waals surface area contributed by atoms with E-state index in [9.17, 15) is 4.79 Å². The van der Waals surface area contributed by atoms with E-state index in [2.05, 4.69) is 61.4 Å². The highest BCUT2D eigenvalue weighted by molar-refractivity contribution is 6.02. The van der Waals surface area contributed by atoms with Crippen molar-refractivity contribution in [2.75, 3.05) is 11.9 Å². The van der Waals surface area contributed by atoms with Gasteiger partial charge in [-0.3, -0.25) is 4.79 Å². The first-order valence-corrected chi connectivity index (χ1v) is 10.1. The minimum Gasteiger partial charge on any atom is -0.493 e. The zero-order valence-corrected chi connectivity index (χ0v) is 16.7. The first-order valence-electron chi connectivity index (χ1n) is 10.1. The van der Waals surface area contributed by atoms with Crippen molar-refractivity contribution in [1.29, 1.82) is 0 Å². The summed E-state index contributed by atoms with van der Waals surface area (Å²) in [6.45, 7) is 7.32. The molecule has 1 aliphatic heterocycles. The molecule has 2 heterocycles. The summed E-state index contributed by atoms with van der Waals surface area (Å²) in [4.78, 5) is 16.6. The second kappa shape index (κ2) is 5.87. The van der Waals surface area contributed by atoms with Crippen LogP contribution in [0.3, 0.4) is 0 Å². The van der Waals surface area contributed by atoms with Crippen molar-refractivity contribution < 1.29 is 9.53 Å². The summed E-state index contributed by atoms with van der Waals surface area (Å²) in [5.41, 5.74) is 5.11. The quantitative estimate of drug-likeness (QED) is 0.672. The summed E-state index contributed by atoms with van der Waals surface area (Å²) in [5.74, 6) is 1.02. The van der Waals surface area contributed by atoms with Crippen LogP contribution < -0.4 is 10.1 Å². The molecular weight excluding hydrogens is 348 g/mol. The average Bonchev–Trinajstić information content (AvgIpc) is 3.13. The molecule has 0 unspecified atom stereocenters. The topological polar surface area (TPSA) is 54.1 Å². The number of aromatic amines is 1. The Morgan fingerprint density at radius 3 is 2.68 bits per heavy atom. The molecule has 1 fully saturated rings. The smallest absolute Gasteiger partial charge is 0.235 e. The van der Waals surface area contributed by atoms with Crippen molar-refractivity contribution in [3.63, 3.8) is 0 Å². The van der Waals surface area contributed by atoms with E-state index in [4.69, 9.17) is 4.74 Å². The largest absolute Gasteiger partial charge is 0.493 e. The molecule has 2 aliphatic rings. The molecule has 0 spiro atoms. The van der Waals surface area contributed by atoms with E-state index in [-0.39, 0.29) is 11.3 Å². The highest BCUT2D eigenvalue weighted by Gasteiger charge is 2.51. The maximum Gasteiger partial charge on any atom is 0.235 e. The van der Waals surface area contributed by atoms with E-state index in [0.717, 1.165) is 53.8 Å². The number of ether oxygens (including phenoxy) is 1. The Morgan fingerprint density at radius 1 is 1.11 bits per heavy atom. The standard InChI is InChI=1S/C24H26N2O2/c1-23(2,3)21-13-16-12-18(6-7-19(16)26-21)25-22(27)24(9-10-24)17-5-4-15-8-11-28-20(15)14-17/h4-7,12-14,26H,8-11H2,1-3H3,(H,25,27). The highest BCUT2D eigenvalue weighted by atomic mass is 16.5. The van der Waals surface area contributed by atoms with Gasteiger partial charge in [-0.2, -0.15) is 0 Å². The number of anilines is 1. The number of hydrogen-bond donors (Lipinski definition) is 2. The van der Waals surface area contributed by atoms with Crippen molar-refractivity contribution in [2.45, 2.75) is 50.9 Å². The number of fused-ring (bicyclic) bond motifs is 2. The maximum atomic E-state index is 13.1. The van der Waals surface area contributed by atoms with Gasteiger partial charge in [0, 0.05) is 34.1 Å². The van der Waals surface area contributed by atoms with Crippen LogP contribution in [0.15, 0.2) is 42.5 Å². The van der Waals surface area contributed by atoms with E-state index in [0.29, 0.717) is 0 Å². The van der Waals surface area contributed by atoms with E-state index in [1.807, 2.05) is 12.1 Å². The van der Waals surface area contributed by atoms with Crippen LogP contribution in [0.4, 0.5) is 5.69 Å². The first-order chi connectivity index (χ1) is 13.3. The van der Waals surface area contributed by atoms with E-state index >= 15 is 0 Å². The predicted molar refractivity (Wildman–Crippen MR) is 112 cm³/mol. The van der Waals surface area contributed by atoms with Crippen LogP contribution in [0.1, 0.15) is 50.4 Å². The fraction of sp³-hybridized carbons (Fsp3) is 0.375. The van der Waals surface area contributed by atoms with Crippen LogP contribution in [-0.2, 0) is 22.0 Å². The number of benzene rings is 2. The number of carbonyl (C=O) groups excluding carboxylic acids is 1. The summed E-state index contributed by atoms with van der Waals surface area (Å²) in [7, 11) is 0. The Bertz CT molecular complexity index is 1080. The number of amides is 1. The summed E-state index contributed by atoms with van der Waals surface area (Å²) in [6, 6.07) is 14.5. The van der Waals surface area contributed by atoms with Gasteiger partial charge in [0.1, 0.15) is 5.75 Å². The third-order valence-electron chi connectivity index (χ3n) is 6.12.